The van der Waals surface area contributed by atoms with E-state index in [9.17, 15) is 17.6 Å². The van der Waals surface area contributed by atoms with Crippen molar-refractivity contribution in [2.24, 2.45) is 0 Å². The number of fused-ring (bicyclic) bond motifs is 10. The molecule has 81 heavy (non-hydrogen) atoms. The lowest BCUT2D eigenvalue weighted by Gasteiger charge is -2.22. The minimum Gasteiger partial charge on any atom is -0.207 e. The summed E-state index contributed by atoms with van der Waals surface area (Å²) in [5.74, 6) is -0.267. The molecule has 0 radical (unpaired) electrons. The van der Waals surface area contributed by atoms with Crippen molar-refractivity contribution in [3.8, 4) is 111 Å². The first-order chi connectivity index (χ1) is 39.8. The molecule has 15 aromatic rings. The van der Waals surface area contributed by atoms with Gasteiger partial charge in [-0.2, -0.15) is 13.2 Å². The highest BCUT2D eigenvalue weighted by molar-refractivity contribution is 6.42. The summed E-state index contributed by atoms with van der Waals surface area (Å²) in [5.41, 5.74) is 21.1. The highest BCUT2D eigenvalue weighted by Gasteiger charge is 2.36. The summed E-state index contributed by atoms with van der Waals surface area (Å²) in [7, 11) is 0. The summed E-state index contributed by atoms with van der Waals surface area (Å²) in [6, 6.07) is 86.9. The van der Waals surface area contributed by atoms with E-state index in [0.717, 1.165) is 94.0 Å². The van der Waals surface area contributed by atoms with Gasteiger partial charge in [-0.15, -0.1) is 0 Å². The highest BCUT2D eigenvalue weighted by atomic mass is 19.4. The predicted molar refractivity (Wildman–Crippen MR) is 329 cm³/mol. The second-order valence-corrected chi connectivity index (χ2v) is 21.6. The molecule has 15 aromatic carbocycles. The van der Waals surface area contributed by atoms with Crippen molar-refractivity contribution in [3.05, 3.63) is 266 Å². The summed E-state index contributed by atoms with van der Waals surface area (Å²) >= 11 is 0. The molecule has 0 N–H and O–H groups in total. The Bertz CT molecular complexity index is 5150. The van der Waals surface area contributed by atoms with Crippen molar-refractivity contribution in [3.63, 3.8) is 0 Å². The highest BCUT2D eigenvalue weighted by Crippen LogP contribution is 2.63. The normalized spacial score (nSPS) is 12.4. The van der Waals surface area contributed by atoms with Crippen molar-refractivity contribution in [2.45, 2.75) is 6.18 Å². The average molecular weight is 1040 g/mol. The van der Waals surface area contributed by atoms with Gasteiger partial charge in [-0.25, -0.2) is 4.39 Å². The molecule has 0 aliphatic heterocycles. The Morgan fingerprint density at radius 1 is 0.198 bits per heavy atom. The van der Waals surface area contributed by atoms with Crippen LogP contribution < -0.4 is 0 Å². The molecule has 17 rings (SSSR count). The third-order valence-electron chi connectivity index (χ3n) is 17.6. The van der Waals surface area contributed by atoms with Crippen LogP contribution in [0.15, 0.2) is 255 Å². The SMILES string of the molecule is Fc1ccc(-c2ccccc2-c2c3c(c(-c4ccccc4)c4ccccc24)-c2ccc4c5ccc6c7c(ccc(c8ccc-3c2c48)c75)-c2c-6c(-c3ccccc3-c3ccc(C(F)(F)F)cc3)c3ccccc3c2-c2ccccc2)cc1. The first-order valence-electron chi connectivity index (χ1n) is 27.4. The Balaban J connectivity index is 0.968. The topological polar surface area (TPSA) is 0 Å². The fourth-order valence-corrected chi connectivity index (χ4v) is 14.4. The summed E-state index contributed by atoms with van der Waals surface area (Å²) < 4.78 is 56.5. The fourth-order valence-electron chi connectivity index (χ4n) is 14.4. The second-order valence-electron chi connectivity index (χ2n) is 21.6. The molecular weight excluding hydrogens is 1000 g/mol. The molecule has 0 saturated heterocycles. The van der Waals surface area contributed by atoms with Gasteiger partial charge in [-0.05, 0) is 200 Å². The van der Waals surface area contributed by atoms with Gasteiger partial charge in [0, 0.05) is 0 Å². The van der Waals surface area contributed by atoms with Crippen molar-refractivity contribution >= 4 is 64.6 Å². The van der Waals surface area contributed by atoms with Crippen LogP contribution in [-0.2, 0) is 6.18 Å². The molecule has 2 aliphatic rings. The van der Waals surface area contributed by atoms with Gasteiger partial charge in [-0.3, -0.25) is 0 Å². The minimum atomic E-state index is -4.45. The summed E-state index contributed by atoms with van der Waals surface area (Å²) in [6.07, 6.45) is -4.45. The molecule has 0 nitrogen and oxygen atoms in total. The Labute approximate surface area is 463 Å². The zero-order valence-corrected chi connectivity index (χ0v) is 43.3. The molecular formula is C77H42F4. The van der Waals surface area contributed by atoms with Gasteiger partial charge >= 0.3 is 6.18 Å². The van der Waals surface area contributed by atoms with E-state index in [1.807, 2.05) is 30.3 Å². The van der Waals surface area contributed by atoms with E-state index in [4.69, 9.17) is 0 Å². The molecule has 4 heteroatoms. The van der Waals surface area contributed by atoms with E-state index in [2.05, 4.69) is 188 Å². The average Bonchev–Trinajstić information content (AvgIpc) is 2.58. The number of alkyl halides is 3. The van der Waals surface area contributed by atoms with E-state index in [0.29, 0.717) is 5.56 Å². The van der Waals surface area contributed by atoms with Crippen molar-refractivity contribution < 1.29 is 17.6 Å². The van der Waals surface area contributed by atoms with Gasteiger partial charge in [0.25, 0.3) is 0 Å². The summed E-state index contributed by atoms with van der Waals surface area (Å²) in [5, 5.41) is 14.1. The maximum Gasteiger partial charge on any atom is 0.416 e. The predicted octanol–water partition coefficient (Wildman–Crippen LogP) is 22.5. The van der Waals surface area contributed by atoms with Crippen molar-refractivity contribution in [2.75, 3.05) is 0 Å². The van der Waals surface area contributed by atoms with Gasteiger partial charge in [-0.1, -0.05) is 231 Å². The number of hydrogen-bond donors (Lipinski definition) is 0. The Morgan fingerprint density at radius 2 is 0.506 bits per heavy atom. The van der Waals surface area contributed by atoms with Crippen molar-refractivity contribution in [1.82, 2.24) is 0 Å². The Kier molecular flexibility index (Phi) is 9.57. The standard InChI is InChI=1S/C77H42F4/c78-48-33-29-44(30-34-48)50-20-8-10-22-52(50)70-56-26-14-12-24-54(56)66(46-17-5-2-6-18-46)74-62-40-36-58-59-37-41-63-71-61(39-35-57(67(59)71)60-38-42-64(76(70)74)72(62)68(58)60)73-65(45-15-3-1-4-16-45)53-23-11-13-25-55(53)69(75(63)73)51-21-9-7-19-49(51)43-27-31-47(32-28-43)77(79,80)81/h1-42H. The van der Waals surface area contributed by atoms with Crippen LogP contribution in [0.2, 0.25) is 0 Å². The quantitative estimate of drug-likeness (QED) is 0.0884. The molecule has 0 heterocycles. The van der Waals surface area contributed by atoms with E-state index in [1.165, 1.54) is 88.4 Å². The Morgan fingerprint density at radius 3 is 0.877 bits per heavy atom. The lowest BCUT2D eigenvalue weighted by Crippen LogP contribution is -2.04. The zero-order valence-electron chi connectivity index (χ0n) is 43.3. The van der Waals surface area contributed by atoms with E-state index >= 15 is 0 Å². The van der Waals surface area contributed by atoms with Gasteiger partial charge in [0.15, 0.2) is 0 Å². The zero-order chi connectivity index (χ0) is 53.8. The fraction of sp³-hybridized carbons (Fsp3) is 0.0130. The molecule has 378 valence electrons. The third-order valence-corrected chi connectivity index (χ3v) is 17.6. The molecule has 0 saturated carbocycles. The van der Waals surface area contributed by atoms with Crippen LogP contribution in [0.1, 0.15) is 5.56 Å². The largest absolute Gasteiger partial charge is 0.416 e. The van der Waals surface area contributed by atoms with Crippen molar-refractivity contribution in [1.29, 1.82) is 0 Å². The van der Waals surface area contributed by atoms with Crippen LogP contribution >= 0.6 is 0 Å². The van der Waals surface area contributed by atoms with Gasteiger partial charge in [0.05, 0.1) is 5.56 Å². The Hall–Kier alpha value is -10.2. The van der Waals surface area contributed by atoms with Crippen LogP contribution in [0.4, 0.5) is 17.6 Å². The van der Waals surface area contributed by atoms with Crippen LogP contribution in [0.3, 0.4) is 0 Å². The van der Waals surface area contributed by atoms with Gasteiger partial charge < -0.3 is 0 Å². The molecule has 0 unspecified atom stereocenters. The van der Waals surface area contributed by atoms with E-state index in [-0.39, 0.29) is 5.82 Å². The third kappa shape index (κ3) is 6.42. The molecule has 2 aliphatic carbocycles. The summed E-state index contributed by atoms with van der Waals surface area (Å²) in [6.45, 7) is 0. The number of rotatable bonds is 6. The van der Waals surface area contributed by atoms with Gasteiger partial charge in [0.1, 0.15) is 5.82 Å². The smallest absolute Gasteiger partial charge is 0.207 e. The first kappa shape index (κ1) is 45.8. The number of hydrogen-bond acceptors (Lipinski definition) is 0. The monoisotopic (exact) mass is 1040 g/mol. The van der Waals surface area contributed by atoms with E-state index < -0.39 is 11.7 Å². The molecule has 0 spiro atoms. The lowest BCUT2D eigenvalue weighted by atomic mass is 9.81. The van der Waals surface area contributed by atoms with Crippen LogP contribution in [-0.4, -0.2) is 0 Å². The van der Waals surface area contributed by atoms with Crippen LogP contribution in [0.5, 0.6) is 0 Å². The van der Waals surface area contributed by atoms with E-state index in [1.54, 1.807) is 24.3 Å². The van der Waals surface area contributed by atoms with Crippen LogP contribution in [0, 0.1) is 5.82 Å². The van der Waals surface area contributed by atoms with Crippen LogP contribution in [0.25, 0.3) is 176 Å². The summed E-state index contributed by atoms with van der Waals surface area (Å²) in [4.78, 5) is 0. The molecule has 0 fully saturated rings. The molecule has 0 atom stereocenters. The first-order valence-corrected chi connectivity index (χ1v) is 27.4. The maximum atomic E-state index is 14.6. The second kappa shape index (κ2) is 16.9. The number of benzene rings is 15. The molecule has 0 amide bonds. The maximum absolute atomic E-state index is 14.6. The molecule has 0 bridgehead atoms. The molecule has 0 aromatic heterocycles. The van der Waals surface area contributed by atoms with Gasteiger partial charge in [0.2, 0.25) is 0 Å². The lowest BCUT2D eigenvalue weighted by molar-refractivity contribution is -0.137. The number of halogens is 4. The minimum absolute atomic E-state index is 0.267.